The van der Waals surface area contributed by atoms with Crippen molar-refractivity contribution in [3.05, 3.63) is 34.9 Å². The maximum Gasteiger partial charge on any atom is 0.109 e. The number of benzene rings is 1. The van der Waals surface area contributed by atoms with Gasteiger partial charge in [-0.05, 0) is 48.3 Å². The second kappa shape index (κ2) is 2.40. The molecule has 0 N–H and O–H groups in total. The van der Waals surface area contributed by atoms with Gasteiger partial charge in [-0.1, -0.05) is 18.2 Å². The average Bonchev–Trinajstić information content (AvgIpc) is 2.88. The van der Waals surface area contributed by atoms with Crippen molar-refractivity contribution >= 4 is 0 Å². The Morgan fingerprint density at radius 2 is 2.14 bits per heavy atom. The molecule has 0 spiro atoms. The predicted octanol–water partition coefficient (Wildman–Crippen LogP) is 2.95. The molecule has 1 heterocycles. The van der Waals surface area contributed by atoms with Gasteiger partial charge in [0.2, 0.25) is 0 Å². The summed E-state index contributed by atoms with van der Waals surface area (Å²) in [4.78, 5) is 0. The van der Waals surface area contributed by atoms with Crippen LogP contribution >= 0.6 is 0 Å². The monoisotopic (exact) mass is 186 g/mol. The summed E-state index contributed by atoms with van der Waals surface area (Å²) in [7, 11) is 0. The first-order chi connectivity index (χ1) is 6.93. The molecule has 3 aliphatic rings. The summed E-state index contributed by atoms with van der Waals surface area (Å²) < 4.78 is 5.72. The second-order valence-corrected chi connectivity index (χ2v) is 4.83. The third-order valence-electron chi connectivity index (χ3n) is 4.09. The number of hydrogen-bond acceptors (Lipinski definition) is 1. The van der Waals surface area contributed by atoms with Gasteiger partial charge in [-0.3, -0.25) is 0 Å². The zero-order valence-electron chi connectivity index (χ0n) is 8.20. The summed E-state index contributed by atoms with van der Waals surface area (Å²) in [6.45, 7) is 0. The van der Waals surface area contributed by atoms with Crippen LogP contribution in [0, 0.1) is 0 Å². The molecule has 0 amide bonds. The Hall–Kier alpha value is -0.820. The molecule has 1 saturated heterocycles. The highest BCUT2D eigenvalue weighted by atomic mass is 16.6. The molecule has 1 heteroatoms. The van der Waals surface area contributed by atoms with E-state index in [4.69, 9.17) is 4.74 Å². The fourth-order valence-electron chi connectivity index (χ4n) is 3.36. The predicted molar refractivity (Wildman–Crippen MR) is 54.4 cm³/mol. The number of hydrogen-bond donors (Lipinski definition) is 0. The normalized spacial score (nSPS) is 37.3. The van der Waals surface area contributed by atoms with E-state index in [1.165, 1.54) is 31.2 Å². The molecular weight excluding hydrogens is 172 g/mol. The highest BCUT2D eigenvalue weighted by Crippen LogP contribution is 2.52. The van der Waals surface area contributed by atoms with Crippen LogP contribution in [0.5, 0.6) is 0 Å². The standard InChI is InChI=1S/C13H14O/c1-2-8-4-5-9-6-7-11-13(14-11)10(3-1)12(8)9/h1-3,9,11,13H,4-7H2/t9-,11-,13+/m1/s1. The van der Waals surface area contributed by atoms with Crippen molar-refractivity contribution in [2.75, 3.05) is 0 Å². The maximum absolute atomic E-state index is 5.72. The van der Waals surface area contributed by atoms with Crippen LogP contribution in [0.1, 0.15) is 48.0 Å². The van der Waals surface area contributed by atoms with E-state index < -0.39 is 0 Å². The van der Waals surface area contributed by atoms with Crippen LogP contribution in [0.15, 0.2) is 18.2 Å². The van der Waals surface area contributed by atoms with E-state index in [9.17, 15) is 0 Å². The Morgan fingerprint density at radius 1 is 1.14 bits per heavy atom. The summed E-state index contributed by atoms with van der Waals surface area (Å²) in [5, 5.41) is 0. The first kappa shape index (κ1) is 7.47. The maximum atomic E-state index is 5.72. The molecule has 0 aromatic heterocycles. The fourth-order valence-corrected chi connectivity index (χ4v) is 3.36. The van der Waals surface area contributed by atoms with Gasteiger partial charge in [0.25, 0.3) is 0 Å². The molecular formula is C13H14O. The Morgan fingerprint density at radius 3 is 3.14 bits per heavy atom. The van der Waals surface area contributed by atoms with Crippen LogP contribution in [0.25, 0.3) is 0 Å². The number of aryl methyl sites for hydroxylation is 1. The zero-order chi connectivity index (χ0) is 9.12. The lowest BCUT2D eigenvalue weighted by atomic mass is 9.94. The van der Waals surface area contributed by atoms with Gasteiger partial charge in [0.05, 0.1) is 6.10 Å². The molecule has 0 saturated carbocycles. The van der Waals surface area contributed by atoms with Gasteiger partial charge < -0.3 is 4.74 Å². The summed E-state index contributed by atoms with van der Waals surface area (Å²) in [6, 6.07) is 6.80. The Kier molecular flexibility index (Phi) is 1.28. The van der Waals surface area contributed by atoms with Crippen LogP contribution in [0.4, 0.5) is 0 Å². The smallest absolute Gasteiger partial charge is 0.109 e. The summed E-state index contributed by atoms with van der Waals surface area (Å²) in [5.41, 5.74) is 4.79. The topological polar surface area (TPSA) is 12.5 Å². The molecule has 14 heavy (non-hydrogen) atoms. The number of fused-ring (bicyclic) bond motifs is 2. The van der Waals surface area contributed by atoms with E-state index in [2.05, 4.69) is 18.2 Å². The van der Waals surface area contributed by atoms with E-state index in [1.807, 2.05) is 0 Å². The highest BCUT2D eigenvalue weighted by Gasteiger charge is 2.45. The molecule has 0 radical (unpaired) electrons. The minimum absolute atomic E-state index is 0.466. The van der Waals surface area contributed by atoms with E-state index >= 15 is 0 Å². The van der Waals surface area contributed by atoms with Crippen LogP contribution in [0.2, 0.25) is 0 Å². The van der Waals surface area contributed by atoms with Crippen molar-refractivity contribution in [3.63, 3.8) is 0 Å². The van der Waals surface area contributed by atoms with E-state index in [0.717, 1.165) is 5.92 Å². The first-order valence-corrected chi connectivity index (χ1v) is 5.70. The molecule has 1 aromatic carbocycles. The van der Waals surface area contributed by atoms with Crippen LogP contribution in [-0.4, -0.2) is 6.10 Å². The Balaban J connectivity index is 1.96. The van der Waals surface area contributed by atoms with Crippen molar-refractivity contribution in [1.29, 1.82) is 0 Å². The summed E-state index contributed by atoms with van der Waals surface area (Å²) in [6.07, 6.45) is 6.34. The van der Waals surface area contributed by atoms with Crippen molar-refractivity contribution < 1.29 is 4.74 Å². The van der Waals surface area contributed by atoms with Crippen molar-refractivity contribution in [2.45, 2.75) is 43.8 Å². The molecule has 1 fully saturated rings. The minimum Gasteiger partial charge on any atom is -0.364 e. The van der Waals surface area contributed by atoms with Gasteiger partial charge >= 0.3 is 0 Å². The quantitative estimate of drug-likeness (QED) is 0.567. The van der Waals surface area contributed by atoms with Crippen LogP contribution in [0.3, 0.4) is 0 Å². The molecule has 1 nitrogen and oxygen atoms in total. The number of rotatable bonds is 0. The molecule has 4 rings (SSSR count). The average molecular weight is 186 g/mol. The van der Waals surface area contributed by atoms with Crippen LogP contribution in [-0.2, 0) is 11.2 Å². The molecule has 1 aliphatic heterocycles. The Bertz CT molecular complexity index is 396. The second-order valence-electron chi connectivity index (χ2n) is 4.83. The molecule has 2 aliphatic carbocycles. The van der Waals surface area contributed by atoms with E-state index in [-0.39, 0.29) is 0 Å². The van der Waals surface area contributed by atoms with Gasteiger partial charge in [0, 0.05) is 0 Å². The summed E-state index contributed by atoms with van der Waals surface area (Å²) in [5.74, 6) is 0.859. The third kappa shape index (κ3) is 0.838. The molecule has 0 unspecified atom stereocenters. The lowest BCUT2D eigenvalue weighted by molar-refractivity contribution is 0.350. The third-order valence-corrected chi connectivity index (χ3v) is 4.09. The molecule has 1 aromatic rings. The lowest BCUT2D eigenvalue weighted by Crippen LogP contribution is -1.96. The van der Waals surface area contributed by atoms with Gasteiger partial charge in [0.1, 0.15) is 6.10 Å². The van der Waals surface area contributed by atoms with Gasteiger partial charge in [-0.2, -0.15) is 0 Å². The Labute approximate surface area is 84.1 Å². The van der Waals surface area contributed by atoms with Crippen molar-refractivity contribution in [3.8, 4) is 0 Å². The van der Waals surface area contributed by atoms with Crippen molar-refractivity contribution in [2.24, 2.45) is 0 Å². The largest absolute Gasteiger partial charge is 0.364 e. The SMILES string of the molecule is c1cc2c3c(c1)[C@@H]1O[C@@H]1CC[C@H]3CC2. The summed E-state index contributed by atoms with van der Waals surface area (Å²) >= 11 is 0. The minimum atomic E-state index is 0.466. The van der Waals surface area contributed by atoms with E-state index in [0.29, 0.717) is 12.2 Å². The molecule has 72 valence electrons. The van der Waals surface area contributed by atoms with Gasteiger partial charge in [-0.15, -0.1) is 0 Å². The van der Waals surface area contributed by atoms with Crippen molar-refractivity contribution in [1.82, 2.24) is 0 Å². The molecule has 0 bridgehead atoms. The molecule has 3 atom stereocenters. The fraction of sp³-hybridized carbons (Fsp3) is 0.538. The van der Waals surface area contributed by atoms with Crippen LogP contribution < -0.4 is 0 Å². The highest BCUT2D eigenvalue weighted by molar-refractivity contribution is 5.45. The number of ether oxygens (including phenoxy) is 1. The van der Waals surface area contributed by atoms with Gasteiger partial charge in [-0.25, -0.2) is 0 Å². The zero-order valence-corrected chi connectivity index (χ0v) is 8.20. The first-order valence-electron chi connectivity index (χ1n) is 5.70. The number of epoxide rings is 1. The van der Waals surface area contributed by atoms with E-state index in [1.54, 1.807) is 11.1 Å². The lowest BCUT2D eigenvalue weighted by Gasteiger charge is -2.12. The van der Waals surface area contributed by atoms with Gasteiger partial charge in [0.15, 0.2) is 0 Å².